The van der Waals surface area contributed by atoms with Gasteiger partial charge in [0.05, 0.1) is 11.5 Å². The minimum absolute atomic E-state index is 0.0359. The molecule has 0 unspecified atom stereocenters. The second-order valence-electron chi connectivity index (χ2n) is 6.32. The molecule has 25 heavy (non-hydrogen) atoms. The van der Waals surface area contributed by atoms with Crippen molar-refractivity contribution in [3.63, 3.8) is 0 Å². The van der Waals surface area contributed by atoms with E-state index in [1.165, 1.54) is 24.6 Å². The number of amides is 1. The SMILES string of the molecule is O=C(C=Cc1cc([N+](=O)[O-])cc2c1OCOC2)N1CCCCCCC1. The number of hydrogen-bond donors (Lipinski definition) is 0. The number of nitro groups is 1. The van der Waals surface area contributed by atoms with Crippen LogP contribution in [0.25, 0.3) is 6.08 Å². The minimum atomic E-state index is -0.452. The second-order valence-corrected chi connectivity index (χ2v) is 6.32. The highest BCUT2D eigenvalue weighted by Crippen LogP contribution is 2.33. The number of carbonyl (C=O) groups is 1. The molecule has 2 aliphatic rings. The molecule has 0 atom stereocenters. The highest BCUT2D eigenvalue weighted by Gasteiger charge is 2.20. The molecule has 0 spiro atoms. The van der Waals surface area contributed by atoms with Crippen LogP contribution in [0.2, 0.25) is 0 Å². The van der Waals surface area contributed by atoms with Gasteiger partial charge in [0.15, 0.2) is 6.79 Å². The highest BCUT2D eigenvalue weighted by atomic mass is 16.7. The van der Waals surface area contributed by atoms with Crippen LogP contribution in [0.1, 0.15) is 43.2 Å². The zero-order valence-corrected chi connectivity index (χ0v) is 14.1. The molecule has 1 aromatic carbocycles. The van der Waals surface area contributed by atoms with Crippen molar-refractivity contribution in [1.29, 1.82) is 0 Å². The summed E-state index contributed by atoms with van der Waals surface area (Å²) in [5, 5.41) is 11.1. The summed E-state index contributed by atoms with van der Waals surface area (Å²) in [6.07, 6.45) is 8.67. The lowest BCUT2D eigenvalue weighted by atomic mass is 10.1. The lowest BCUT2D eigenvalue weighted by molar-refractivity contribution is -0.385. The maximum absolute atomic E-state index is 12.5. The molecule has 1 amide bonds. The van der Waals surface area contributed by atoms with E-state index >= 15 is 0 Å². The van der Waals surface area contributed by atoms with Gasteiger partial charge in [-0.25, -0.2) is 0 Å². The number of likely N-dealkylation sites (tertiary alicyclic amines) is 1. The van der Waals surface area contributed by atoms with Crippen molar-refractivity contribution in [1.82, 2.24) is 4.90 Å². The fraction of sp³-hybridized carbons (Fsp3) is 0.500. The van der Waals surface area contributed by atoms with E-state index in [2.05, 4.69) is 0 Å². The van der Waals surface area contributed by atoms with Crippen LogP contribution in [0.5, 0.6) is 5.75 Å². The van der Waals surface area contributed by atoms with Gasteiger partial charge in [-0.3, -0.25) is 14.9 Å². The van der Waals surface area contributed by atoms with Crippen LogP contribution in [-0.4, -0.2) is 35.6 Å². The first-order chi connectivity index (χ1) is 12.1. The highest BCUT2D eigenvalue weighted by molar-refractivity contribution is 5.92. The molecule has 2 aliphatic heterocycles. The lowest BCUT2D eigenvalue weighted by Crippen LogP contribution is -2.32. The number of nitrogens with zero attached hydrogens (tertiary/aromatic N) is 2. The van der Waals surface area contributed by atoms with Crippen LogP contribution in [0.3, 0.4) is 0 Å². The Morgan fingerprint density at radius 3 is 2.60 bits per heavy atom. The first kappa shape index (κ1) is 17.4. The Hall–Kier alpha value is -2.41. The molecule has 134 valence electrons. The fourth-order valence-corrected chi connectivity index (χ4v) is 3.19. The van der Waals surface area contributed by atoms with E-state index in [1.54, 1.807) is 6.08 Å². The van der Waals surface area contributed by atoms with Crippen LogP contribution in [0, 0.1) is 10.1 Å². The van der Waals surface area contributed by atoms with E-state index in [1.807, 2.05) is 4.90 Å². The predicted molar refractivity (Wildman–Crippen MR) is 92.1 cm³/mol. The summed E-state index contributed by atoms with van der Waals surface area (Å²) < 4.78 is 10.7. The number of non-ortho nitro benzene ring substituents is 1. The van der Waals surface area contributed by atoms with Gasteiger partial charge < -0.3 is 14.4 Å². The summed E-state index contributed by atoms with van der Waals surface area (Å²) in [4.78, 5) is 25.0. The van der Waals surface area contributed by atoms with Crippen molar-refractivity contribution in [3.8, 4) is 5.75 Å². The third-order valence-corrected chi connectivity index (χ3v) is 4.51. The third-order valence-electron chi connectivity index (χ3n) is 4.51. The van der Waals surface area contributed by atoms with E-state index < -0.39 is 4.92 Å². The first-order valence-corrected chi connectivity index (χ1v) is 8.64. The summed E-state index contributed by atoms with van der Waals surface area (Å²) in [6, 6.07) is 2.88. The average molecular weight is 346 g/mol. The molecule has 7 heteroatoms. The van der Waals surface area contributed by atoms with E-state index in [-0.39, 0.29) is 25.0 Å². The van der Waals surface area contributed by atoms with Gasteiger partial charge in [0.25, 0.3) is 5.69 Å². The van der Waals surface area contributed by atoms with Crippen LogP contribution in [-0.2, 0) is 16.1 Å². The van der Waals surface area contributed by atoms with Crippen molar-refractivity contribution < 1.29 is 19.2 Å². The van der Waals surface area contributed by atoms with Gasteiger partial charge in [-0.2, -0.15) is 0 Å². The van der Waals surface area contributed by atoms with Gasteiger partial charge in [-0.1, -0.05) is 19.3 Å². The molecule has 0 bridgehead atoms. The molecule has 1 fully saturated rings. The number of ether oxygens (including phenoxy) is 2. The van der Waals surface area contributed by atoms with Crippen molar-refractivity contribution >= 4 is 17.7 Å². The summed E-state index contributed by atoms with van der Waals surface area (Å²) in [5.41, 5.74) is 1.12. The summed E-state index contributed by atoms with van der Waals surface area (Å²) >= 11 is 0. The molecule has 7 nitrogen and oxygen atoms in total. The summed E-state index contributed by atoms with van der Waals surface area (Å²) in [6.45, 7) is 1.89. The molecule has 3 rings (SSSR count). The van der Waals surface area contributed by atoms with Gasteiger partial charge in [-0.15, -0.1) is 0 Å². The summed E-state index contributed by atoms with van der Waals surface area (Å²) in [7, 11) is 0. The number of benzene rings is 1. The molecule has 1 aromatic rings. The zero-order chi connectivity index (χ0) is 17.6. The number of nitro benzene ring substituents is 1. The fourth-order valence-electron chi connectivity index (χ4n) is 3.19. The topological polar surface area (TPSA) is 81.9 Å². The van der Waals surface area contributed by atoms with E-state index in [4.69, 9.17) is 9.47 Å². The maximum atomic E-state index is 12.5. The Labute approximate surface area is 146 Å². The number of hydrogen-bond acceptors (Lipinski definition) is 5. The molecule has 2 heterocycles. The molecular formula is C18H22N2O5. The van der Waals surface area contributed by atoms with Crippen LogP contribution >= 0.6 is 0 Å². The molecule has 0 aromatic heterocycles. The average Bonchev–Trinajstić information content (AvgIpc) is 2.58. The van der Waals surface area contributed by atoms with Gasteiger partial charge in [0.1, 0.15) is 5.75 Å². The number of fused-ring (bicyclic) bond motifs is 1. The molecule has 0 N–H and O–H groups in total. The van der Waals surface area contributed by atoms with Gasteiger partial charge in [0, 0.05) is 42.4 Å². The van der Waals surface area contributed by atoms with E-state index in [9.17, 15) is 14.9 Å². The Bertz CT molecular complexity index is 678. The first-order valence-electron chi connectivity index (χ1n) is 8.64. The van der Waals surface area contributed by atoms with Gasteiger partial charge in [-0.05, 0) is 18.9 Å². The van der Waals surface area contributed by atoms with Crippen molar-refractivity contribution in [2.75, 3.05) is 19.9 Å². The minimum Gasteiger partial charge on any atom is -0.467 e. The molecule has 0 saturated carbocycles. The number of rotatable bonds is 3. The monoisotopic (exact) mass is 346 g/mol. The predicted octanol–water partition coefficient (Wildman–Crippen LogP) is 3.27. The lowest BCUT2D eigenvalue weighted by Gasteiger charge is -2.23. The zero-order valence-electron chi connectivity index (χ0n) is 14.1. The Morgan fingerprint density at radius 2 is 1.88 bits per heavy atom. The van der Waals surface area contributed by atoms with Crippen LogP contribution in [0.4, 0.5) is 5.69 Å². The smallest absolute Gasteiger partial charge is 0.270 e. The van der Waals surface area contributed by atoms with Gasteiger partial charge in [0.2, 0.25) is 5.91 Å². The molecular weight excluding hydrogens is 324 g/mol. The largest absolute Gasteiger partial charge is 0.467 e. The normalized spacial score (nSPS) is 18.2. The third kappa shape index (κ3) is 4.36. The van der Waals surface area contributed by atoms with Crippen LogP contribution in [0.15, 0.2) is 18.2 Å². The molecule has 1 saturated heterocycles. The standard InChI is InChI=1S/C18H22N2O5/c21-17(19-8-4-2-1-3-5-9-19)7-6-14-10-16(20(22)23)11-15-12-24-13-25-18(14)15/h6-7,10-11H,1-5,8-9,12-13H2. The number of carbonyl (C=O) groups excluding carboxylic acids is 1. The maximum Gasteiger partial charge on any atom is 0.270 e. The summed E-state index contributed by atoms with van der Waals surface area (Å²) in [5.74, 6) is 0.489. The molecule has 0 radical (unpaired) electrons. The second kappa shape index (κ2) is 8.11. The van der Waals surface area contributed by atoms with E-state index in [0.29, 0.717) is 16.9 Å². The van der Waals surface area contributed by atoms with Crippen LogP contribution < -0.4 is 4.74 Å². The Morgan fingerprint density at radius 1 is 1.16 bits per heavy atom. The van der Waals surface area contributed by atoms with Crippen molar-refractivity contribution in [2.45, 2.75) is 38.7 Å². The van der Waals surface area contributed by atoms with Crippen molar-refractivity contribution in [2.24, 2.45) is 0 Å². The Balaban J connectivity index is 1.80. The van der Waals surface area contributed by atoms with Gasteiger partial charge >= 0.3 is 0 Å². The van der Waals surface area contributed by atoms with Crippen molar-refractivity contribution in [3.05, 3.63) is 39.4 Å². The molecule has 0 aliphatic carbocycles. The van der Waals surface area contributed by atoms with E-state index in [0.717, 1.165) is 38.8 Å². The quantitative estimate of drug-likeness (QED) is 0.477. The Kier molecular flexibility index (Phi) is 5.65.